The van der Waals surface area contributed by atoms with E-state index in [9.17, 15) is 0 Å². The van der Waals surface area contributed by atoms with E-state index in [1.165, 1.54) is 6.04 Å². The first kappa shape index (κ1) is 5.10. The van der Waals surface area contributed by atoms with Crippen molar-refractivity contribution >= 4 is 0 Å². The molecule has 0 saturated heterocycles. The number of hydrogen-bond donors (Lipinski definition) is 1. The van der Waals surface area contributed by atoms with Crippen molar-refractivity contribution in [3.8, 4) is 0 Å². The first-order chi connectivity index (χ1) is 3.43. The van der Waals surface area contributed by atoms with Crippen molar-refractivity contribution in [2.24, 2.45) is 0 Å². The molecule has 0 aliphatic heterocycles. The molecule has 0 heterocycles. The Hall–Kier alpha value is -0.0400. The average Bonchev–Trinajstić information content (AvgIpc) is 2.14. The second-order valence-electron chi connectivity index (χ2n) is 1.42. The molecule has 1 aliphatic carbocycles. The van der Waals surface area contributed by atoms with Crippen molar-refractivity contribution in [3.05, 3.63) is 31.7 Å². The fraction of sp³-hybridized carbons (Fsp3) is 0.167. The zero-order valence-corrected chi connectivity index (χ0v) is 4.31. The van der Waals surface area contributed by atoms with E-state index in [4.69, 9.17) is 0 Å². The van der Waals surface area contributed by atoms with Crippen LogP contribution in [0.1, 0.15) is 0 Å². The van der Waals surface area contributed by atoms with Gasteiger partial charge in [-0.3, -0.25) is 0 Å². The van der Waals surface area contributed by atoms with Crippen LogP contribution in [0.4, 0.5) is 0 Å². The molecule has 0 amide bonds. The monoisotopic (exact) mass is 94.1 g/mol. The number of nitrogens with one attached hydrogen (secondary N) is 1. The summed E-state index contributed by atoms with van der Waals surface area (Å²) in [5.74, 6) is 0. The van der Waals surface area contributed by atoms with Crippen LogP contribution in [0.2, 0.25) is 0 Å². The molecule has 1 aliphatic rings. The van der Waals surface area contributed by atoms with Gasteiger partial charge in [0, 0.05) is 6.04 Å². The summed E-state index contributed by atoms with van der Waals surface area (Å²) in [5, 5.41) is 3.01. The predicted octanol–water partition coefficient (Wildman–Crippen LogP) is 0.569. The van der Waals surface area contributed by atoms with E-state index in [1.54, 1.807) is 0 Å². The topological polar surface area (TPSA) is 12.0 Å². The van der Waals surface area contributed by atoms with Crippen LogP contribution in [0, 0.1) is 31.7 Å². The lowest BCUT2D eigenvalue weighted by atomic mass is 10.3. The third-order valence-corrected chi connectivity index (χ3v) is 0.951. The maximum Gasteiger partial charge on any atom is 0.0437 e. The Bertz CT molecular complexity index is 46.1. The highest BCUT2D eigenvalue weighted by molar-refractivity contribution is 5.33. The number of rotatable bonds is 1. The molecule has 1 saturated carbocycles. The van der Waals surface area contributed by atoms with E-state index in [1.807, 2.05) is 32.7 Å². The van der Waals surface area contributed by atoms with Gasteiger partial charge in [-0.25, -0.2) is 0 Å². The Balaban J connectivity index is 2.14. The van der Waals surface area contributed by atoms with Crippen molar-refractivity contribution in [1.29, 1.82) is 0 Å². The van der Waals surface area contributed by atoms with Crippen molar-refractivity contribution in [3.63, 3.8) is 0 Å². The van der Waals surface area contributed by atoms with Crippen molar-refractivity contribution in [2.45, 2.75) is 0 Å². The van der Waals surface area contributed by atoms with E-state index in [-0.39, 0.29) is 0 Å². The smallest absolute Gasteiger partial charge is 0.0437 e. The summed E-state index contributed by atoms with van der Waals surface area (Å²) in [6.45, 7) is 0. The molecule has 0 aromatic rings. The minimum Gasteiger partial charge on any atom is -0.312 e. The van der Waals surface area contributed by atoms with Gasteiger partial charge >= 0.3 is 0 Å². The third-order valence-electron chi connectivity index (χ3n) is 0.951. The lowest BCUT2D eigenvalue weighted by molar-refractivity contribution is 0.901. The van der Waals surface area contributed by atoms with Crippen LogP contribution in [0.25, 0.3) is 0 Å². The summed E-state index contributed by atoms with van der Waals surface area (Å²) < 4.78 is 0. The molecule has 1 rings (SSSR count). The van der Waals surface area contributed by atoms with E-state index in [2.05, 4.69) is 5.32 Å². The van der Waals surface area contributed by atoms with Crippen LogP contribution in [-0.4, -0.2) is 7.05 Å². The van der Waals surface area contributed by atoms with Gasteiger partial charge < -0.3 is 5.32 Å². The van der Waals surface area contributed by atoms with Gasteiger partial charge in [-0.2, -0.15) is 0 Å². The second-order valence-corrected chi connectivity index (χ2v) is 1.42. The Labute approximate surface area is 45.1 Å². The van der Waals surface area contributed by atoms with E-state index in [0.29, 0.717) is 0 Å². The molecular formula is C6H8N. The molecule has 1 fully saturated rings. The highest BCUT2D eigenvalue weighted by atomic mass is 14.9. The van der Waals surface area contributed by atoms with Gasteiger partial charge in [0.05, 0.1) is 0 Å². The van der Waals surface area contributed by atoms with Crippen molar-refractivity contribution in [2.75, 3.05) is 7.05 Å². The van der Waals surface area contributed by atoms with Crippen LogP contribution < -0.4 is 5.32 Å². The molecule has 0 aromatic heterocycles. The number of hydrogen-bond acceptors (Lipinski definition) is 1. The van der Waals surface area contributed by atoms with Gasteiger partial charge in [-0.1, -0.05) is 0 Å². The summed E-state index contributed by atoms with van der Waals surface area (Å²) in [5.41, 5.74) is 0. The van der Waals surface area contributed by atoms with Gasteiger partial charge in [0.25, 0.3) is 0 Å². The third kappa shape index (κ3) is 1.16. The molecule has 1 nitrogen and oxygen atoms in total. The van der Waals surface area contributed by atoms with Gasteiger partial charge in [-0.05, 0) is 32.7 Å². The molecule has 0 atom stereocenters. The molecule has 1 heteroatoms. The molecular weight excluding hydrogens is 86.1 g/mol. The summed E-state index contributed by atoms with van der Waals surface area (Å²) in [7, 11) is 1.91. The molecule has 37 valence electrons. The fourth-order valence-corrected chi connectivity index (χ4v) is 0.541. The SMILES string of the molecule is CN[C]1[CH][CH][CH][CH]1. The zero-order valence-electron chi connectivity index (χ0n) is 4.31. The minimum absolute atomic E-state index is 1.18. The van der Waals surface area contributed by atoms with Gasteiger partial charge in [0.2, 0.25) is 0 Å². The maximum absolute atomic E-state index is 3.01. The van der Waals surface area contributed by atoms with Crippen LogP contribution in [0.5, 0.6) is 0 Å². The first-order valence-electron chi connectivity index (χ1n) is 2.33. The Kier molecular flexibility index (Phi) is 1.69. The lowest BCUT2D eigenvalue weighted by Crippen LogP contribution is -2.11. The molecule has 0 aromatic carbocycles. The van der Waals surface area contributed by atoms with E-state index >= 15 is 0 Å². The maximum atomic E-state index is 3.01. The Morgan fingerprint density at radius 1 is 1.29 bits per heavy atom. The Morgan fingerprint density at radius 3 is 2.14 bits per heavy atom. The molecule has 7 heavy (non-hydrogen) atoms. The molecule has 5 radical (unpaired) electrons. The minimum atomic E-state index is 1.18. The summed E-state index contributed by atoms with van der Waals surface area (Å²) in [6, 6.07) is 1.18. The normalized spacial score (nSPS) is 23.6. The summed E-state index contributed by atoms with van der Waals surface area (Å²) in [6.07, 6.45) is 8.07. The Morgan fingerprint density at radius 2 is 1.86 bits per heavy atom. The van der Waals surface area contributed by atoms with Crippen LogP contribution in [0.15, 0.2) is 0 Å². The van der Waals surface area contributed by atoms with Crippen LogP contribution >= 0.6 is 0 Å². The van der Waals surface area contributed by atoms with Gasteiger partial charge in [-0.15, -0.1) is 0 Å². The van der Waals surface area contributed by atoms with Crippen LogP contribution in [0.3, 0.4) is 0 Å². The lowest BCUT2D eigenvalue weighted by Gasteiger charge is -2.00. The standard InChI is InChI=1S/C6H8N/c1-7-6-4-2-3-5-6/h2-5,7H,1H3. The fourth-order valence-electron chi connectivity index (χ4n) is 0.541. The largest absolute Gasteiger partial charge is 0.312 e. The second kappa shape index (κ2) is 2.31. The average molecular weight is 94.1 g/mol. The molecule has 0 spiro atoms. The first-order valence-corrected chi connectivity index (χ1v) is 2.33. The molecule has 0 unspecified atom stereocenters. The summed E-state index contributed by atoms with van der Waals surface area (Å²) in [4.78, 5) is 0. The quantitative estimate of drug-likeness (QED) is 0.501. The van der Waals surface area contributed by atoms with E-state index in [0.717, 1.165) is 0 Å². The molecule has 1 N–H and O–H groups in total. The predicted molar refractivity (Wildman–Crippen MR) is 29.5 cm³/mol. The summed E-state index contributed by atoms with van der Waals surface area (Å²) >= 11 is 0. The van der Waals surface area contributed by atoms with Crippen molar-refractivity contribution in [1.82, 2.24) is 5.32 Å². The highest BCUT2D eigenvalue weighted by Gasteiger charge is 2.13. The van der Waals surface area contributed by atoms with Gasteiger partial charge in [0.15, 0.2) is 0 Å². The van der Waals surface area contributed by atoms with Crippen LogP contribution in [-0.2, 0) is 0 Å². The van der Waals surface area contributed by atoms with Gasteiger partial charge in [0.1, 0.15) is 0 Å². The highest BCUT2D eigenvalue weighted by Crippen LogP contribution is 2.18. The molecule has 0 bridgehead atoms. The zero-order chi connectivity index (χ0) is 5.11. The van der Waals surface area contributed by atoms with E-state index < -0.39 is 0 Å². The van der Waals surface area contributed by atoms with Crippen molar-refractivity contribution < 1.29 is 0 Å².